The molecule has 11 heteroatoms. The molecule has 1 aromatic heterocycles. The average molecular weight is 480 g/mol. The van der Waals surface area contributed by atoms with E-state index in [-0.39, 0.29) is 33.6 Å². The van der Waals surface area contributed by atoms with E-state index >= 15 is 0 Å². The van der Waals surface area contributed by atoms with Crippen molar-refractivity contribution in [3.8, 4) is 17.2 Å². The monoisotopic (exact) mass is 479 g/mol. The minimum atomic E-state index is -3.48. The lowest BCUT2D eigenvalue weighted by molar-refractivity contribution is 0.102. The van der Waals surface area contributed by atoms with Crippen molar-refractivity contribution >= 4 is 33.2 Å². The summed E-state index contributed by atoms with van der Waals surface area (Å²) < 4.78 is 36.5. The largest absolute Gasteiger partial charge is 0.488 e. The number of benzene rings is 2. The van der Waals surface area contributed by atoms with Crippen molar-refractivity contribution < 1.29 is 27.8 Å². The van der Waals surface area contributed by atoms with E-state index in [0.29, 0.717) is 11.6 Å². The van der Waals surface area contributed by atoms with E-state index < -0.39 is 21.8 Å². The van der Waals surface area contributed by atoms with Crippen molar-refractivity contribution in [3.63, 3.8) is 0 Å². The summed E-state index contributed by atoms with van der Waals surface area (Å²) in [5, 5.41) is 16.1. The summed E-state index contributed by atoms with van der Waals surface area (Å²) in [6.07, 6.45) is 2.24. The molecule has 0 unspecified atom stereocenters. The molecule has 3 rings (SSSR count). The molecule has 32 heavy (non-hydrogen) atoms. The Balaban J connectivity index is 1.92. The van der Waals surface area contributed by atoms with Gasteiger partial charge in [0.2, 0.25) is 0 Å². The molecule has 1 heterocycles. The van der Waals surface area contributed by atoms with Crippen LogP contribution in [0, 0.1) is 0 Å². The summed E-state index contributed by atoms with van der Waals surface area (Å²) in [4.78, 5) is 12.7. The molecule has 0 fully saturated rings. The molecule has 0 bridgehead atoms. The number of halogens is 1. The van der Waals surface area contributed by atoms with Gasteiger partial charge in [-0.25, -0.2) is 8.42 Å². The fraction of sp³-hybridized carbons (Fsp3) is 0.238. The van der Waals surface area contributed by atoms with E-state index in [0.717, 1.165) is 6.26 Å². The van der Waals surface area contributed by atoms with E-state index in [1.165, 1.54) is 30.3 Å². The molecule has 2 aromatic carbocycles. The molecule has 0 aliphatic heterocycles. The van der Waals surface area contributed by atoms with Crippen molar-refractivity contribution in [2.24, 2.45) is 7.05 Å². The third-order valence-electron chi connectivity index (χ3n) is 4.23. The van der Waals surface area contributed by atoms with E-state index in [2.05, 4.69) is 10.4 Å². The first-order valence-electron chi connectivity index (χ1n) is 9.46. The third-order valence-corrected chi connectivity index (χ3v) is 5.81. The number of ether oxygens (including phenoxy) is 2. The number of carbonyl (C=O) groups is 1. The lowest BCUT2D eigenvalue weighted by Crippen LogP contribution is -2.17. The second-order valence-corrected chi connectivity index (χ2v) is 9.49. The highest BCUT2D eigenvalue weighted by atomic mass is 35.5. The van der Waals surface area contributed by atoms with Gasteiger partial charge in [-0.1, -0.05) is 11.6 Å². The van der Waals surface area contributed by atoms with Crippen LogP contribution in [0.1, 0.15) is 17.3 Å². The second-order valence-electron chi connectivity index (χ2n) is 7.10. The maximum atomic E-state index is 12.7. The highest BCUT2D eigenvalue weighted by Gasteiger charge is 2.16. The van der Waals surface area contributed by atoms with Crippen molar-refractivity contribution in [2.45, 2.75) is 17.9 Å². The highest BCUT2D eigenvalue weighted by molar-refractivity contribution is 7.90. The van der Waals surface area contributed by atoms with Crippen LogP contribution in [0.15, 0.2) is 53.6 Å². The number of aliphatic hydroxyl groups excluding tert-OH is 1. The zero-order valence-electron chi connectivity index (χ0n) is 17.6. The summed E-state index contributed by atoms with van der Waals surface area (Å²) >= 11 is 6.09. The number of nitrogens with one attached hydrogen (secondary N) is 1. The Morgan fingerprint density at radius 2 is 1.91 bits per heavy atom. The fourth-order valence-electron chi connectivity index (χ4n) is 2.75. The average Bonchev–Trinajstić information content (AvgIpc) is 3.11. The number of carbonyl (C=O) groups excluding carboxylic acids is 1. The first kappa shape index (κ1) is 23.6. The number of hydrogen-bond donors (Lipinski definition) is 2. The molecule has 0 saturated heterocycles. The molecular weight excluding hydrogens is 458 g/mol. The third kappa shape index (κ3) is 6.00. The number of sulfone groups is 1. The lowest BCUT2D eigenvalue weighted by Gasteiger charge is -2.15. The molecule has 9 nitrogen and oxygen atoms in total. The molecular formula is C21H22ClN3O6S. The normalized spacial score (nSPS) is 12.3. The van der Waals surface area contributed by atoms with Gasteiger partial charge in [0.05, 0.1) is 16.5 Å². The molecule has 0 spiro atoms. The summed E-state index contributed by atoms with van der Waals surface area (Å²) in [6, 6.07) is 10.4. The number of aromatic nitrogens is 2. The van der Waals surface area contributed by atoms with Crippen molar-refractivity contribution in [1.29, 1.82) is 0 Å². The minimum absolute atomic E-state index is 0.0134. The van der Waals surface area contributed by atoms with Gasteiger partial charge < -0.3 is 19.9 Å². The van der Waals surface area contributed by atoms with Crippen LogP contribution in [-0.4, -0.2) is 48.2 Å². The summed E-state index contributed by atoms with van der Waals surface area (Å²) in [6.45, 7) is 1.45. The van der Waals surface area contributed by atoms with Crippen LogP contribution in [0.5, 0.6) is 17.2 Å². The number of anilines is 1. The van der Waals surface area contributed by atoms with Crippen LogP contribution in [0.25, 0.3) is 0 Å². The maximum absolute atomic E-state index is 12.7. The van der Waals surface area contributed by atoms with Crippen LogP contribution in [-0.2, 0) is 16.9 Å². The van der Waals surface area contributed by atoms with E-state index in [4.69, 9.17) is 21.1 Å². The Morgan fingerprint density at radius 1 is 1.19 bits per heavy atom. The van der Waals surface area contributed by atoms with E-state index in [9.17, 15) is 18.3 Å². The Bertz CT molecular complexity index is 1240. The molecule has 0 saturated carbocycles. The SMILES string of the molecule is C[C@@H](CO)Oc1cc(Oc2ccc(S(C)(=O)=O)c(Cl)c2)cc(C(=O)Nc2ccn(C)n2)c1. The van der Waals surface area contributed by atoms with Gasteiger partial charge in [0.15, 0.2) is 15.7 Å². The predicted octanol–water partition coefficient (Wildman–Crippen LogP) is 3.28. The smallest absolute Gasteiger partial charge is 0.257 e. The summed E-state index contributed by atoms with van der Waals surface area (Å²) in [7, 11) is -1.76. The van der Waals surface area contributed by atoms with Gasteiger partial charge >= 0.3 is 0 Å². The van der Waals surface area contributed by atoms with Crippen molar-refractivity contribution in [3.05, 3.63) is 59.2 Å². The maximum Gasteiger partial charge on any atom is 0.257 e. The van der Waals surface area contributed by atoms with Crippen molar-refractivity contribution in [1.82, 2.24) is 9.78 Å². The lowest BCUT2D eigenvalue weighted by atomic mass is 10.2. The van der Waals surface area contributed by atoms with E-state index in [1.54, 1.807) is 37.0 Å². The molecule has 1 atom stereocenters. The molecule has 2 N–H and O–H groups in total. The van der Waals surface area contributed by atoms with Gasteiger partial charge in [-0.05, 0) is 31.2 Å². The van der Waals surface area contributed by atoms with Gasteiger partial charge in [0.1, 0.15) is 23.4 Å². The molecule has 170 valence electrons. The van der Waals surface area contributed by atoms with Gasteiger partial charge in [-0.15, -0.1) is 0 Å². The van der Waals surface area contributed by atoms with Crippen LogP contribution >= 0.6 is 11.6 Å². The molecule has 0 aliphatic carbocycles. The quantitative estimate of drug-likeness (QED) is 0.508. The van der Waals surface area contributed by atoms with Gasteiger partial charge in [-0.2, -0.15) is 5.10 Å². The standard InChI is InChI=1S/C21H22ClN3O6S/c1-13(12-26)30-16-8-14(21(27)23-20-6-7-25(2)24-20)9-17(10-16)31-15-4-5-19(18(22)11-15)32(3,28)29/h4-11,13,26H,12H2,1-3H3,(H,23,24,27)/t13-/m0/s1. The minimum Gasteiger partial charge on any atom is -0.488 e. The molecule has 1 amide bonds. The van der Waals surface area contributed by atoms with Gasteiger partial charge in [-0.3, -0.25) is 9.48 Å². The zero-order valence-corrected chi connectivity index (χ0v) is 19.1. The first-order valence-corrected chi connectivity index (χ1v) is 11.7. The summed E-state index contributed by atoms with van der Waals surface area (Å²) in [5.41, 5.74) is 0.229. The number of hydrogen-bond acceptors (Lipinski definition) is 7. The zero-order chi connectivity index (χ0) is 23.5. The number of nitrogens with zero attached hydrogens (tertiary/aromatic N) is 2. The fourth-order valence-corrected chi connectivity index (χ4v) is 4.07. The van der Waals surface area contributed by atoms with E-state index in [1.807, 2.05) is 0 Å². The number of aliphatic hydroxyl groups is 1. The van der Waals surface area contributed by atoms with Crippen molar-refractivity contribution in [2.75, 3.05) is 18.2 Å². The van der Waals surface area contributed by atoms with Crippen LogP contribution < -0.4 is 14.8 Å². The van der Waals surface area contributed by atoms with Crippen LogP contribution in [0.3, 0.4) is 0 Å². The Morgan fingerprint density at radius 3 is 2.50 bits per heavy atom. The topological polar surface area (TPSA) is 120 Å². The second kappa shape index (κ2) is 9.60. The Hall–Kier alpha value is -3.08. The number of rotatable bonds is 8. The van der Waals surface area contributed by atoms with Crippen LogP contribution in [0.4, 0.5) is 5.82 Å². The van der Waals surface area contributed by atoms with Gasteiger partial charge in [0, 0.05) is 43.3 Å². The predicted molar refractivity (Wildman–Crippen MR) is 119 cm³/mol. The first-order chi connectivity index (χ1) is 15.0. The summed E-state index contributed by atoms with van der Waals surface area (Å²) in [5.74, 6) is 0.751. The van der Waals surface area contributed by atoms with Crippen LogP contribution in [0.2, 0.25) is 5.02 Å². The Kier molecular flexibility index (Phi) is 7.07. The number of amides is 1. The molecule has 0 radical (unpaired) electrons. The number of aryl methyl sites for hydroxylation is 1. The highest BCUT2D eigenvalue weighted by Crippen LogP contribution is 2.32. The molecule has 0 aliphatic rings. The van der Waals surface area contributed by atoms with Gasteiger partial charge in [0.25, 0.3) is 5.91 Å². The molecule has 3 aromatic rings. The Labute approximate surface area is 190 Å².